The highest BCUT2D eigenvalue weighted by Crippen LogP contribution is 2.07. The SMILES string of the molecule is CC(C)CCN(C)Cc1ccnc(C(N)=NO)c1. The van der Waals surface area contributed by atoms with Crippen LogP contribution in [-0.2, 0) is 6.54 Å². The first kappa shape index (κ1) is 14.4. The van der Waals surface area contributed by atoms with Crippen molar-refractivity contribution in [3.8, 4) is 0 Å². The van der Waals surface area contributed by atoms with Gasteiger partial charge in [-0.3, -0.25) is 4.98 Å². The van der Waals surface area contributed by atoms with E-state index in [-0.39, 0.29) is 5.84 Å². The third-order valence-corrected chi connectivity index (χ3v) is 2.74. The largest absolute Gasteiger partial charge is 0.409 e. The predicted octanol–water partition coefficient (Wildman–Crippen LogP) is 1.65. The molecule has 0 aliphatic carbocycles. The molecule has 5 nitrogen and oxygen atoms in total. The number of hydrogen-bond donors (Lipinski definition) is 2. The Bertz CT molecular complexity index is 404. The second-order valence-corrected chi connectivity index (χ2v) is 4.95. The molecule has 100 valence electrons. The Morgan fingerprint density at radius 1 is 1.56 bits per heavy atom. The van der Waals surface area contributed by atoms with Crippen LogP contribution < -0.4 is 5.73 Å². The Morgan fingerprint density at radius 3 is 2.89 bits per heavy atom. The zero-order valence-corrected chi connectivity index (χ0v) is 11.3. The number of hydrogen-bond acceptors (Lipinski definition) is 4. The molecule has 5 heteroatoms. The van der Waals surface area contributed by atoms with Crippen LogP contribution in [0, 0.1) is 5.92 Å². The molecule has 1 heterocycles. The quantitative estimate of drug-likeness (QED) is 0.348. The molecule has 0 fully saturated rings. The summed E-state index contributed by atoms with van der Waals surface area (Å²) in [5.41, 5.74) is 7.13. The first-order valence-corrected chi connectivity index (χ1v) is 6.14. The highest BCUT2D eigenvalue weighted by molar-refractivity contribution is 5.95. The molecule has 0 unspecified atom stereocenters. The van der Waals surface area contributed by atoms with Gasteiger partial charge in [0.2, 0.25) is 0 Å². The maximum atomic E-state index is 8.62. The maximum absolute atomic E-state index is 8.62. The molecule has 0 spiro atoms. The lowest BCUT2D eigenvalue weighted by Crippen LogP contribution is -2.21. The van der Waals surface area contributed by atoms with E-state index >= 15 is 0 Å². The van der Waals surface area contributed by atoms with Crippen molar-refractivity contribution < 1.29 is 5.21 Å². The lowest BCUT2D eigenvalue weighted by Gasteiger charge is -2.18. The van der Waals surface area contributed by atoms with Gasteiger partial charge in [0.1, 0.15) is 5.69 Å². The molecule has 0 bridgehead atoms. The van der Waals surface area contributed by atoms with E-state index in [0.717, 1.165) is 18.7 Å². The molecule has 1 rings (SSSR count). The molecule has 0 saturated carbocycles. The third kappa shape index (κ3) is 4.71. The van der Waals surface area contributed by atoms with Crippen LogP contribution in [-0.4, -0.2) is 34.5 Å². The standard InChI is InChI=1S/C13H22N4O/c1-10(2)5-7-17(3)9-11-4-6-15-12(8-11)13(14)16-18/h4,6,8,10,18H,5,7,9H2,1-3H3,(H2,14,16). The minimum Gasteiger partial charge on any atom is -0.409 e. The number of nitrogens with two attached hydrogens (primary N) is 1. The molecule has 0 aromatic carbocycles. The Labute approximate surface area is 108 Å². The second kappa shape index (κ2) is 6.96. The van der Waals surface area contributed by atoms with Crippen molar-refractivity contribution in [3.05, 3.63) is 29.6 Å². The molecule has 0 amide bonds. The van der Waals surface area contributed by atoms with E-state index in [2.05, 4.69) is 35.9 Å². The molecule has 18 heavy (non-hydrogen) atoms. The fraction of sp³-hybridized carbons (Fsp3) is 0.538. The van der Waals surface area contributed by atoms with Crippen LogP contribution in [0.3, 0.4) is 0 Å². The van der Waals surface area contributed by atoms with E-state index < -0.39 is 0 Å². The van der Waals surface area contributed by atoms with Gasteiger partial charge in [-0.15, -0.1) is 0 Å². The lowest BCUT2D eigenvalue weighted by molar-refractivity contribution is 0.303. The van der Waals surface area contributed by atoms with Crippen LogP contribution in [0.5, 0.6) is 0 Å². The topological polar surface area (TPSA) is 74.7 Å². The van der Waals surface area contributed by atoms with Gasteiger partial charge in [0.05, 0.1) is 0 Å². The van der Waals surface area contributed by atoms with Gasteiger partial charge in [-0.25, -0.2) is 0 Å². The molecule has 0 atom stereocenters. The third-order valence-electron chi connectivity index (χ3n) is 2.74. The number of pyridine rings is 1. The molecular formula is C13H22N4O. The summed E-state index contributed by atoms with van der Waals surface area (Å²) in [4.78, 5) is 6.31. The molecule has 0 aliphatic rings. The summed E-state index contributed by atoms with van der Waals surface area (Å²) in [6.45, 7) is 6.33. The van der Waals surface area contributed by atoms with Gasteiger partial charge in [0, 0.05) is 12.7 Å². The number of amidine groups is 1. The Hall–Kier alpha value is -1.62. The van der Waals surface area contributed by atoms with Gasteiger partial charge < -0.3 is 15.8 Å². The summed E-state index contributed by atoms with van der Waals surface area (Å²) in [7, 11) is 2.09. The van der Waals surface area contributed by atoms with Crippen LogP contribution in [0.1, 0.15) is 31.5 Å². The van der Waals surface area contributed by atoms with Crippen LogP contribution >= 0.6 is 0 Å². The van der Waals surface area contributed by atoms with E-state index in [0.29, 0.717) is 11.6 Å². The fourth-order valence-corrected chi connectivity index (χ4v) is 1.63. The minimum absolute atomic E-state index is 0.0432. The highest BCUT2D eigenvalue weighted by Gasteiger charge is 2.05. The zero-order valence-electron chi connectivity index (χ0n) is 11.3. The highest BCUT2D eigenvalue weighted by atomic mass is 16.4. The van der Waals surface area contributed by atoms with Gasteiger partial charge in [-0.05, 0) is 43.6 Å². The van der Waals surface area contributed by atoms with Crippen molar-refractivity contribution in [1.82, 2.24) is 9.88 Å². The van der Waals surface area contributed by atoms with Crippen molar-refractivity contribution in [3.63, 3.8) is 0 Å². The number of oxime groups is 1. The number of aromatic nitrogens is 1. The first-order chi connectivity index (χ1) is 8.52. The molecule has 0 radical (unpaired) electrons. The van der Waals surface area contributed by atoms with E-state index in [9.17, 15) is 0 Å². The average Bonchev–Trinajstić information content (AvgIpc) is 2.35. The van der Waals surface area contributed by atoms with Gasteiger partial charge in [-0.2, -0.15) is 0 Å². The van der Waals surface area contributed by atoms with Crippen LogP contribution in [0.2, 0.25) is 0 Å². The summed E-state index contributed by atoms with van der Waals surface area (Å²) in [5, 5.41) is 11.6. The fourth-order valence-electron chi connectivity index (χ4n) is 1.63. The summed E-state index contributed by atoms with van der Waals surface area (Å²) in [6, 6.07) is 3.79. The van der Waals surface area contributed by atoms with Crippen molar-refractivity contribution in [1.29, 1.82) is 0 Å². The number of nitrogens with zero attached hydrogens (tertiary/aromatic N) is 3. The predicted molar refractivity (Wildman–Crippen MR) is 72.5 cm³/mol. The number of rotatable bonds is 6. The maximum Gasteiger partial charge on any atom is 0.188 e. The van der Waals surface area contributed by atoms with Crippen LogP contribution in [0.15, 0.2) is 23.5 Å². The van der Waals surface area contributed by atoms with Gasteiger partial charge in [-0.1, -0.05) is 19.0 Å². The van der Waals surface area contributed by atoms with Gasteiger partial charge in [0.15, 0.2) is 5.84 Å². The Kier molecular flexibility index (Phi) is 5.58. The van der Waals surface area contributed by atoms with E-state index in [1.165, 1.54) is 6.42 Å². The van der Waals surface area contributed by atoms with Crippen molar-refractivity contribution in [2.24, 2.45) is 16.8 Å². The van der Waals surface area contributed by atoms with Gasteiger partial charge in [0.25, 0.3) is 0 Å². The Balaban J connectivity index is 2.62. The van der Waals surface area contributed by atoms with Crippen molar-refractivity contribution >= 4 is 5.84 Å². The second-order valence-electron chi connectivity index (χ2n) is 4.95. The molecule has 0 aliphatic heterocycles. The minimum atomic E-state index is 0.0432. The molecule has 1 aromatic heterocycles. The lowest BCUT2D eigenvalue weighted by atomic mass is 10.1. The normalized spacial score (nSPS) is 12.4. The summed E-state index contributed by atoms with van der Waals surface area (Å²) in [5.74, 6) is 0.749. The van der Waals surface area contributed by atoms with E-state index in [4.69, 9.17) is 10.9 Å². The monoisotopic (exact) mass is 250 g/mol. The molecule has 1 aromatic rings. The van der Waals surface area contributed by atoms with Crippen molar-refractivity contribution in [2.75, 3.05) is 13.6 Å². The van der Waals surface area contributed by atoms with E-state index in [1.54, 1.807) is 6.20 Å². The average molecular weight is 250 g/mol. The summed E-state index contributed by atoms with van der Waals surface area (Å²) >= 11 is 0. The molecule has 0 saturated heterocycles. The van der Waals surface area contributed by atoms with Gasteiger partial charge >= 0.3 is 0 Å². The zero-order chi connectivity index (χ0) is 13.5. The smallest absolute Gasteiger partial charge is 0.188 e. The molecule has 3 N–H and O–H groups in total. The molecular weight excluding hydrogens is 228 g/mol. The summed E-state index contributed by atoms with van der Waals surface area (Å²) < 4.78 is 0. The van der Waals surface area contributed by atoms with Crippen LogP contribution in [0.4, 0.5) is 0 Å². The van der Waals surface area contributed by atoms with Crippen LogP contribution in [0.25, 0.3) is 0 Å². The Morgan fingerprint density at radius 2 is 2.28 bits per heavy atom. The first-order valence-electron chi connectivity index (χ1n) is 6.14. The van der Waals surface area contributed by atoms with Crippen molar-refractivity contribution in [2.45, 2.75) is 26.8 Å². The summed E-state index contributed by atoms with van der Waals surface area (Å²) in [6.07, 6.45) is 2.85. The van der Waals surface area contributed by atoms with E-state index in [1.807, 2.05) is 12.1 Å².